The summed E-state index contributed by atoms with van der Waals surface area (Å²) in [6.45, 7) is 0. The molecule has 0 saturated heterocycles. The lowest BCUT2D eigenvalue weighted by Gasteiger charge is -2.16. The van der Waals surface area contributed by atoms with Crippen LogP contribution in [0.1, 0.15) is 22.3 Å². The fourth-order valence-electron chi connectivity index (χ4n) is 4.60. The van der Waals surface area contributed by atoms with Crippen molar-refractivity contribution in [1.82, 2.24) is 0 Å². The number of halogens is 4. The van der Waals surface area contributed by atoms with Gasteiger partial charge in [0.15, 0.2) is 23.0 Å². The van der Waals surface area contributed by atoms with Crippen molar-refractivity contribution in [2.24, 2.45) is 0 Å². The van der Waals surface area contributed by atoms with Crippen molar-refractivity contribution >= 4 is 55.1 Å². The summed E-state index contributed by atoms with van der Waals surface area (Å²) >= 11 is 19.8. The number of aromatic hydroxyl groups is 6. The highest BCUT2D eigenvalue weighted by atomic mass is 79.9. The Morgan fingerprint density at radius 3 is 1.55 bits per heavy atom. The molecule has 6 bridgehead atoms. The minimum Gasteiger partial charge on any atom is -0.508 e. The molecule has 0 amide bonds. The molecular weight excluding hydrogens is 743 g/mol. The van der Waals surface area contributed by atoms with E-state index in [1.54, 1.807) is 18.2 Å². The fraction of sp³-hybridized carbons (Fsp3) is 0.125. The summed E-state index contributed by atoms with van der Waals surface area (Å²) in [5.74, 6) is -0.933. The molecule has 8 nitrogen and oxygen atoms in total. The molecule has 6 N–H and O–H groups in total. The second-order valence-electron chi connectivity index (χ2n) is 10.0. The van der Waals surface area contributed by atoms with E-state index < -0.39 is 0 Å². The Morgan fingerprint density at radius 2 is 1.00 bits per heavy atom. The predicted molar refractivity (Wildman–Crippen MR) is 174 cm³/mol. The summed E-state index contributed by atoms with van der Waals surface area (Å²) < 4.78 is 12.7. The Hall–Kier alpha value is -3.70. The molecule has 2 aliphatic rings. The first-order chi connectivity index (χ1) is 20.9. The first kappa shape index (κ1) is 31.7. The monoisotopic (exact) mass is 764 g/mol. The molecule has 0 unspecified atom stereocenters. The van der Waals surface area contributed by atoms with Crippen molar-refractivity contribution in [2.75, 3.05) is 0 Å². The normalized spacial score (nSPS) is 16.2. The van der Waals surface area contributed by atoms with Crippen LogP contribution in [0.25, 0.3) is 0 Å². The van der Waals surface area contributed by atoms with Crippen LogP contribution >= 0.6 is 55.1 Å². The van der Waals surface area contributed by atoms with E-state index in [1.165, 1.54) is 36.4 Å². The number of fused-ring (bicyclic) bond motifs is 6. The van der Waals surface area contributed by atoms with Crippen LogP contribution < -0.4 is 9.47 Å². The molecule has 44 heavy (non-hydrogen) atoms. The Morgan fingerprint density at radius 1 is 0.523 bits per heavy atom. The summed E-state index contributed by atoms with van der Waals surface area (Å²) in [7, 11) is 0. The lowest BCUT2D eigenvalue weighted by atomic mass is 10.1. The van der Waals surface area contributed by atoms with Crippen LogP contribution in [0.3, 0.4) is 0 Å². The Balaban J connectivity index is 1.63. The lowest BCUT2D eigenvalue weighted by molar-refractivity contribution is 0.373. The molecule has 0 aromatic heterocycles. The third-order valence-corrected chi connectivity index (χ3v) is 8.57. The molecule has 6 rings (SSSR count). The van der Waals surface area contributed by atoms with E-state index in [2.05, 4.69) is 31.9 Å². The first-order valence-electron chi connectivity index (χ1n) is 13.0. The lowest BCUT2D eigenvalue weighted by Crippen LogP contribution is -1.97. The first-order valence-corrected chi connectivity index (χ1v) is 15.4. The van der Waals surface area contributed by atoms with Crippen LogP contribution in [-0.2, 0) is 25.7 Å². The van der Waals surface area contributed by atoms with Gasteiger partial charge in [0.2, 0.25) is 5.75 Å². The van der Waals surface area contributed by atoms with Crippen LogP contribution in [0.15, 0.2) is 79.7 Å². The third kappa shape index (κ3) is 7.15. The highest BCUT2D eigenvalue weighted by Gasteiger charge is 2.19. The van der Waals surface area contributed by atoms with Crippen molar-refractivity contribution in [1.29, 1.82) is 0 Å². The number of phenolic OH excluding ortho intramolecular Hbond substituents is 6. The van der Waals surface area contributed by atoms with Gasteiger partial charge >= 0.3 is 0 Å². The molecule has 0 atom stereocenters. The Bertz CT molecular complexity index is 1820. The van der Waals surface area contributed by atoms with Crippen molar-refractivity contribution in [2.45, 2.75) is 25.7 Å². The second-order valence-corrected chi connectivity index (χ2v) is 12.7. The predicted octanol–water partition coefficient (Wildman–Crippen LogP) is 9.16. The van der Waals surface area contributed by atoms with Crippen LogP contribution in [0.5, 0.6) is 57.5 Å². The molecule has 4 aromatic carbocycles. The zero-order chi connectivity index (χ0) is 31.7. The molecule has 0 aliphatic carbocycles. The van der Waals surface area contributed by atoms with Gasteiger partial charge in [-0.2, -0.15) is 0 Å². The fourth-order valence-corrected chi connectivity index (χ4v) is 5.88. The Kier molecular flexibility index (Phi) is 9.45. The molecule has 12 heteroatoms. The number of benzene rings is 4. The number of hydrogen-bond donors (Lipinski definition) is 6. The Labute approximate surface area is 278 Å². The largest absolute Gasteiger partial charge is 0.508 e. The highest BCUT2D eigenvalue weighted by Crippen LogP contribution is 2.45. The van der Waals surface area contributed by atoms with E-state index in [0.717, 1.165) is 6.07 Å². The maximum Gasteiger partial charge on any atom is 0.210 e. The van der Waals surface area contributed by atoms with Crippen LogP contribution in [0.2, 0.25) is 0 Å². The minimum absolute atomic E-state index is 0.0325. The number of phenols is 6. The van der Waals surface area contributed by atoms with Gasteiger partial charge in [-0.05, 0) is 92.7 Å². The molecule has 0 radical (unpaired) electrons. The topological polar surface area (TPSA) is 140 Å². The van der Waals surface area contributed by atoms with E-state index in [0.29, 0.717) is 41.3 Å². The van der Waals surface area contributed by atoms with Crippen LogP contribution in [-0.4, -0.2) is 30.6 Å². The van der Waals surface area contributed by atoms with E-state index in [4.69, 9.17) is 32.7 Å². The maximum atomic E-state index is 10.7. The van der Waals surface area contributed by atoms with Gasteiger partial charge in [-0.1, -0.05) is 35.4 Å². The van der Waals surface area contributed by atoms with Gasteiger partial charge in [0.25, 0.3) is 0 Å². The third-order valence-electron chi connectivity index (χ3n) is 6.75. The van der Waals surface area contributed by atoms with Gasteiger partial charge in [0, 0.05) is 45.7 Å². The standard InChI is InChI=1S/C32H24Br2Cl2O8/c33-22-13-24(38)16-1-3-19(35)5-15-6-26(40)32(27(41)7-15)44-30-11-17(25(39)14-23(30)34)2-4-20(36)8-18-9-21(37)12-28(42)31(18)43-29(22)10-16/h3-4,6-7,9-14,37-42H,1-2,5,8H2/b19-3+,20-4+. The zero-order valence-corrected chi connectivity index (χ0v) is 27.3. The van der Waals surface area contributed by atoms with Crippen molar-refractivity contribution in [3.05, 3.63) is 102 Å². The van der Waals surface area contributed by atoms with Gasteiger partial charge in [0.05, 0.1) is 8.95 Å². The summed E-state index contributed by atoms with van der Waals surface area (Å²) in [4.78, 5) is 0. The second kappa shape index (κ2) is 13.1. The average molecular weight is 767 g/mol. The quantitative estimate of drug-likeness (QED) is 0.104. The van der Waals surface area contributed by atoms with Crippen molar-refractivity contribution in [3.8, 4) is 57.5 Å². The molecule has 0 spiro atoms. The molecule has 0 saturated carbocycles. The summed E-state index contributed by atoms with van der Waals surface area (Å²) in [6.07, 6.45) is 3.88. The van der Waals surface area contributed by atoms with E-state index in [9.17, 15) is 30.6 Å². The number of hydrogen-bond acceptors (Lipinski definition) is 8. The zero-order valence-electron chi connectivity index (χ0n) is 22.6. The molecule has 228 valence electrons. The van der Waals surface area contributed by atoms with Gasteiger partial charge in [-0.25, -0.2) is 0 Å². The van der Waals surface area contributed by atoms with E-state index in [-0.39, 0.29) is 83.2 Å². The van der Waals surface area contributed by atoms with Crippen LogP contribution in [0.4, 0.5) is 0 Å². The van der Waals surface area contributed by atoms with Gasteiger partial charge in [-0.3, -0.25) is 0 Å². The number of allylic oxidation sites excluding steroid dienone is 4. The van der Waals surface area contributed by atoms with Gasteiger partial charge < -0.3 is 40.1 Å². The van der Waals surface area contributed by atoms with E-state index >= 15 is 0 Å². The van der Waals surface area contributed by atoms with Crippen molar-refractivity contribution < 1.29 is 40.1 Å². The maximum absolute atomic E-state index is 10.7. The van der Waals surface area contributed by atoms with Crippen LogP contribution in [0, 0.1) is 0 Å². The van der Waals surface area contributed by atoms with Gasteiger partial charge in [0.1, 0.15) is 28.7 Å². The highest BCUT2D eigenvalue weighted by molar-refractivity contribution is 9.11. The SMILES string of the molecule is Oc1cc(O)c2c(c1)C/C(Cl)=C\Cc1cc(c(Br)cc1O)Oc1c(O)cc(cc1O)C/C(Cl)=C\Cc1cc(c(Br)cc1O)O2. The molecule has 2 aliphatic heterocycles. The number of ether oxygens (including phenoxy) is 2. The molecular formula is C32H24Br2Cl2O8. The molecule has 0 fully saturated rings. The van der Waals surface area contributed by atoms with E-state index in [1.807, 2.05) is 0 Å². The summed E-state index contributed by atoms with van der Waals surface area (Å²) in [6, 6.07) is 11.4. The van der Waals surface area contributed by atoms with Gasteiger partial charge in [-0.15, -0.1) is 0 Å². The molecule has 2 heterocycles. The number of rotatable bonds is 0. The van der Waals surface area contributed by atoms with Crippen molar-refractivity contribution in [3.63, 3.8) is 0 Å². The average Bonchev–Trinajstić information content (AvgIpc) is 2.93. The smallest absolute Gasteiger partial charge is 0.210 e. The minimum atomic E-state index is -0.326. The summed E-state index contributed by atoms with van der Waals surface area (Å²) in [5.41, 5.74) is 1.75. The molecule has 4 aromatic rings. The summed E-state index contributed by atoms with van der Waals surface area (Å²) in [5, 5.41) is 64.2.